The Balaban J connectivity index is 1.43. The number of hydrogen-bond donors (Lipinski definition) is 1. The minimum atomic E-state index is 0.373. The van der Waals surface area contributed by atoms with Crippen LogP contribution in [0, 0.1) is 6.92 Å². The van der Waals surface area contributed by atoms with Gasteiger partial charge in [0.1, 0.15) is 11.5 Å². The van der Waals surface area contributed by atoms with Gasteiger partial charge in [-0.1, -0.05) is 0 Å². The maximum Gasteiger partial charge on any atom is 0.127 e. The van der Waals surface area contributed by atoms with Crippen LogP contribution in [-0.2, 0) is 6.54 Å². The van der Waals surface area contributed by atoms with Gasteiger partial charge >= 0.3 is 138 Å². The number of fused-ring (bicyclic) bond motifs is 1. The van der Waals surface area contributed by atoms with Crippen molar-refractivity contribution >= 4 is 16.6 Å². The first kappa shape index (κ1) is 20.0. The Morgan fingerprint density at radius 1 is 1.10 bits per heavy atom. The van der Waals surface area contributed by atoms with Gasteiger partial charge in [0.2, 0.25) is 0 Å². The molecule has 31 heavy (non-hydrogen) atoms. The standard InChI is InChI=1S/C23H23IN5O2/c1-14-20-8-17(29-13-16(12-26-29)21-10-24-21)5-7-19(20)23(28-27-14)25-11-15-4-6-18(30-2)9-22(15)31-3/h4-9,12-13,21H,10-11H2,1-3H3,(H,25,28)/q-1. The summed E-state index contributed by atoms with van der Waals surface area (Å²) in [4.78, 5) is 0. The first-order valence-corrected chi connectivity index (χ1v) is 12.8. The zero-order valence-electron chi connectivity index (χ0n) is 17.6. The summed E-state index contributed by atoms with van der Waals surface area (Å²) in [6.07, 6.45) is 4.17. The average molecular weight is 528 g/mol. The Labute approximate surface area is 191 Å². The molecule has 5 rings (SSSR count). The van der Waals surface area contributed by atoms with Gasteiger partial charge in [-0.25, -0.2) is 0 Å². The fraction of sp³-hybridized carbons (Fsp3) is 0.261. The molecule has 1 atom stereocenters. The monoisotopic (exact) mass is 528 g/mol. The Morgan fingerprint density at radius 3 is 2.74 bits per heavy atom. The number of aromatic nitrogens is 4. The molecule has 1 unspecified atom stereocenters. The van der Waals surface area contributed by atoms with Crippen LogP contribution in [0.25, 0.3) is 16.5 Å². The van der Waals surface area contributed by atoms with E-state index in [-0.39, 0.29) is 0 Å². The predicted molar refractivity (Wildman–Crippen MR) is 116 cm³/mol. The number of nitrogens with zero attached hydrogens (tertiary/aromatic N) is 4. The Hall–Kier alpha value is -2.88. The van der Waals surface area contributed by atoms with Crippen molar-refractivity contribution in [3.05, 3.63) is 65.6 Å². The minimum absolute atomic E-state index is 0.373. The maximum atomic E-state index is 5.51. The SMILES string of the molecule is COc1ccc(CNc2nnc(C)c3cc(-n4cc(C5C[I-]5)cn4)ccc23)c(OC)c1. The number of rotatable bonds is 7. The molecule has 4 aromatic rings. The van der Waals surface area contributed by atoms with Gasteiger partial charge in [0.15, 0.2) is 0 Å². The number of methoxy groups -OCH3 is 2. The van der Waals surface area contributed by atoms with E-state index in [1.54, 1.807) is 14.2 Å². The predicted octanol–water partition coefficient (Wildman–Crippen LogP) is 0.897. The van der Waals surface area contributed by atoms with Crippen LogP contribution in [0.1, 0.15) is 20.7 Å². The molecule has 160 valence electrons. The molecule has 0 spiro atoms. The van der Waals surface area contributed by atoms with Crippen LogP contribution >= 0.6 is 0 Å². The summed E-state index contributed by atoms with van der Waals surface area (Å²) in [7, 11) is 3.30. The van der Waals surface area contributed by atoms with Crippen LogP contribution in [0.15, 0.2) is 48.8 Å². The number of nitrogens with one attached hydrogen (secondary N) is 1. The molecule has 0 radical (unpaired) electrons. The Kier molecular flexibility index (Phi) is 5.39. The number of aryl methyl sites for hydroxylation is 1. The van der Waals surface area contributed by atoms with Gasteiger partial charge in [0, 0.05) is 6.07 Å². The quantitative estimate of drug-likeness (QED) is 0.284. The minimum Gasteiger partial charge on any atom is -0.496 e. The second-order valence-corrected chi connectivity index (χ2v) is 10.7. The molecule has 1 N–H and O–H groups in total. The first-order chi connectivity index (χ1) is 15.2. The van der Waals surface area contributed by atoms with Gasteiger partial charge in [0.25, 0.3) is 0 Å². The molecule has 1 aliphatic rings. The fourth-order valence-electron chi connectivity index (χ4n) is 3.58. The van der Waals surface area contributed by atoms with Crippen molar-refractivity contribution in [3.8, 4) is 17.2 Å². The van der Waals surface area contributed by atoms with Crippen molar-refractivity contribution in [2.24, 2.45) is 0 Å². The van der Waals surface area contributed by atoms with Crippen LogP contribution in [-0.4, -0.2) is 38.6 Å². The number of benzene rings is 2. The van der Waals surface area contributed by atoms with Gasteiger partial charge < -0.3 is 9.47 Å². The van der Waals surface area contributed by atoms with E-state index in [2.05, 4.69) is 45.0 Å². The summed E-state index contributed by atoms with van der Waals surface area (Å²) in [5.74, 6) is 2.28. The Morgan fingerprint density at radius 2 is 1.97 bits per heavy atom. The normalized spacial score (nSPS) is 15.4. The summed E-state index contributed by atoms with van der Waals surface area (Å²) < 4.78 is 14.9. The van der Waals surface area contributed by atoms with E-state index in [9.17, 15) is 0 Å². The van der Waals surface area contributed by atoms with E-state index in [0.717, 1.165) is 49.0 Å². The summed E-state index contributed by atoms with van der Waals surface area (Å²) >= 11 is 0.373. The van der Waals surface area contributed by atoms with Crippen molar-refractivity contribution < 1.29 is 30.7 Å². The molecule has 1 fully saturated rings. The smallest absolute Gasteiger partial charge is 0.127 e. The van der Waals surface area contributed by atoms with Crippen LogP contribution in [0.3, 0.4) is 0 Å². The molecule has 8 heteroatoms. The molecular formula is C23H23IN5O2-. The number of anilines is 1. The molecule has 0 aliphatic carbocycles. The van der Waals surface area contributed by atoms with Crippen molar-refractivity contribution in [1.29, 1.82) is 0 Å². The molecule has 2 aromatic heterocycles. The zero-order valence-corrected chi connectivity index (χ0v) is 19.8. The van der Waals surface area contributed by atoms with Gasteiger partial charge in [-0.2, -0.15) is 0 Å². The molecular weight excluding hydrogens is 505 g/mol. The summed E-state index contributed by atoms with van der Waals surface area (Å²) in [5.41, 5.74) is 4.32. The van der Waals surface area contributed by atoms with Crippen LogP contribution in [0.4, 0.5) is 5.82 Å². The maximum absolute atomic E-state index is 5.51. The van der Waals surface area contributed by atoms with E-state index in [1.165, 1.54) is 9.99 Å². The second kappa shape index (κ2) is 8.33. The second-order valence-electron chi connectivity index (χ2n) is 7.39. The van der Waals surface area contributed by atoms with Crippen LogP contribution in [0.5, 0.6) is 11.5 Å². The van der Waals surface area contributed by atoms with Crippen LogP contribution in [0.2, 0.25) is 0 Å². The summed E-state index contributed by atoms with van der Waals surface area (Å²) in [6.45, 7) is 2.55. The van der Waals surface area contributed by atoms with Crippen molar-refractivity contribution in [2.75, 3.05) is 24.0 Å². The van der Waals surface area contributed by atoms with Crippen LogP contribution < -0.4 is 36.0 Å². The van der Waals surface area contributed by atoms with Crippen molar-refractivity contribution in [1.82, 2.24) is 20.0 Å². The fourth-order valence-corrected chi connectivity index (χ4v) is 5.18. The topological polar surface area (TPSA) is 74.1 Å². The van der Waals surface area contributed by atoms with Gasteiger partial charge in [0.05, 0.1) is 14.2 Å². The van der Waals surface area contributed by atoms with E-state index >= 15 is 0 Å². The van der Waals surface area contributed by atoms with Gasteiger partial charge in [-0.05, 0) is 12.1 Å². The van der Waals surface area contributed by atoms with Gasteiger partial charge in [-0.15, -0.1) is 0 Å². The third-order valence-corrected chi connectivity index (χ3v) is 7.91. The van der Waals surface area contributed by atoms with E-state index in [1.807, 2.05) is 36.0 Å². The molecule has 2 aromatic carbocycles. The average Bonchev–Trinajstić information content (AvgIpc) is 3.55. The zero-order chi connectivity index (χ0) is 21.4. The molecule has 0 bridgehead atoms. The van der Waals surface area contributed by atoms with E-state index < -0.39 is 0 Å². The van der Waals surface area contributed by atoms with Crippen molar-refractivity contribution in [2.45, 2.75) is 17.4 Å². The van der Waals surface area contributed by atoms with Crippen molar-refractivity contribution in [3.63, 3.8) is 0 Å². The van der Waals surface area contributed by atoms with E-state index in [4.69, 9.17) is 9.47 Å². The Bertz CT molecular complexity index is 1250. The number of alkyl halides is 2. The number of halogens is 1. The summed E-state index contributed by atoms with van der Waals surface area (Å²) in [6, 6.07) is 12.1. The summed E-state index contributed by atoms with van der Waals surface area (Å²) in [5, 5.41) is 18.9. The molecule has 7 nitrogen and oxygen atoms in total. The van der Waals surface area contributed by atoms with E-state index in [0.29, 0.717) is 27.7 Å². The molecule has 1 aliphatic heterocycles. The third-order valence-electron chi connectivity index (χ3n) is 5.43. The third kappa shape index (κ3) is 4.04. The first-order valence-electron chi connectivity index (χ1n) is 10.0. The van der Waals surface area contributed by atoms with Gasteiger partial charge in [-0.3, -0.25) is 0 Å². The molecule has 3 heterocycles. The largest absolute Gasteiger partial charge is 0.496 e. The molecule has 0 amide bonds. The number of ether oxygens (including phenoxy) is 2. The molecule has 0 saturated carbocycles. The molecule has 1 saturated heterocycles. The number of hydrogen-bond acceptors (Lipinski definition) is 6.